The number of ether oxygens (including phenoxy) is 1. The number of carbonyl (C=O) groups is 2. The minimum atomic E-state index is -0.481. The quantitative estimate of drug-likeness (QED) is 0.806. The molecule has 0 aromatic carbocycles. The minimum Gasteiger partial charge on any atom is -0.444 e. The second-order valence-electron chi connectivity index (χ2n) is 7.82. The lowest BCUT2D eigenvalue weighted by Gasteiger charge is -2.34. The van der Waals surface area contributed by atoms with Gasteiger partial charge in [-0.2, -0.15) is 0 Å². The standard InChI is InChI=1S/C18H35N3O3/c1-13(20-14(2)16(22)19-6)12-15-10-8-7-9-11-21(15)17(23)24-18(3,4)5/h13-15,20H,7-12H2,1-6H3,(H,19,22). The summed E-state index contributed by atoms with van der Waals surface area (Å²) in [6, 6.07) is 0.0535. The van der Waals surface area contributed by atoms with E-state index in [0.29, 0.717) is 0 Å². The Labute approximate surface area is 146 Å². The molecule has 2 N–H and O–H groups in total. The van der Waals surface area contributed by atoms with Gasteiger partial charge in [-0.15, -0.1) is 0 Å². The van der Waals surface area contributed by atoms with Crippen molar-refractivity contribution in [2.45, 2.75) is 90.4 Å². The first-order valence-electron chi connectivity index (χ1n) is 9.11. The van der Waals surface area contributed by atoms with Crippen LogP contribution in [-0.2, 0) is 9.53 Å². The summed E-state index contributed by atoms with van der Waals surface area (Å²) >= 11 is 0. The van der Waals surface area contributed by atoms with Gasteiger partial charge < -0.3 is 20.3 Å². The third-order valence-electron chi connectivity index (χ3n) is 4.30. The molecule has 6 nitrogen and oxygen atoms in total. The number of nitrogens with zero attached hydrogens (tertiary/aromatic N) is 1. The highest BCUT2D eigenvalue weighted by Gasteiger charge is 2.30. The van der Waals surface area contributed by atoms with E-state index in [2.05, 4.69) is 17.6 Å². The van der Waals surface area contributed by atoms with Crippen molar-refractivity contribution in [1.82, 2.24) is 15.5 Å². The Bertz CT molecular complexity index is 420. The van der Waals surface area contributed by atoms with Crippen LogP contribution in [0, 0.1) is 0 Å². The Morgan fingerprint density at radius 3 is 2.46 bits per heavy atom. The first-order valence-corrected chi connectivity index (χ1v) is 9.11. The topological polar surface area (TPSA) is 70.7 Å². The van der Waals surface area contributed by atoms with Gasteiger partial charge in [-0.1, -0.05) is 12.8 Å². The van der Waals surface area contributed by atoms with Gasteiger partial charge >= 0.3 is 6.09 Å². The molecule has 1 aliphatic rings. The molecule has 1 aliphatic heterocycles. The second-order valence-corrected chi connectivity index (χ2v) is 7.82. The highest BCUT2D eigenvalue weighted by molar-refractivity contribution is 5.80. The number of carbonyl (C=O) groups excluding carboxylic acids is 2. The van der Waals surface area contributed by atoms with E-state index in [-0.39, 0.29) is 30.1 Å². The Hall–Kier alpha value is -1.30. The molecule has 1 rings (SSSR count). The molecule has 0 aromatic heterocycles. The maximum absolute atomic E-state index is 12.6. The molecule has 24 heavy (non-hydrogen) atoms. The summed E-state index contributed by atoms with van der Waals surface area (Å²) in [6.45, 7) is 10.4. The number of amides is 2. The molecule has 0 aliphatic carbocycles. The first-order chi connectivity index (χ1) is 11.1. The summed E-state index contributed by atoms with van der Waals surface area (Å²) in [4.78, 5) is 26.1. The molecule has 0 saturated carbocycles. The zero-order valence-corrected chi connectivity index (χ0v) is 16.1. The summed E-state index contributed by atoms with van der Waals surface area (Å²) in [6.07, 6.45) is 4.88. The fourth-order valence-electron chi connectivity index (χ4n) is 3.18. The zero-order chi connectivity index (χ0) is 18.3. The summed E-state index contributed by atoms with van der Waals surface area (Å²) in [5.41, 5.74) is -0.481. The Morgan fingerprint density at radius 1 is 1.21 bits per heavy atom. The van der Waals surface area contributed by atoms with Crippen LogP contribution in [0.4, 0.5) is 4.79 Å². The van der Waals surface area contributed by atoms with Gasteiger partial charge in [0.2, 0.25) is 5.91 Å². The van der Waals surface area contributed by atoms with E-state index in [0.717, 1.165) is 38.6 Å². The third kappa shape index (κ3) is 7.07. The van der Waals surface area contributed by atoms with Crippen molar-refractivity contribution in [1.29, 1.82) is 0 Å². The molecule has 3 atom stereocenters. The number of hydrogen-bond acceptors (Lipinski definition) is 4. The van der Waals surface area contributed by atoms with Crippen LogP contribution in [0.5, 0.6) is 0 Å². The van der Waals surface area contributed by atoms with Gasteiger partial charge in [-0.05, 0) is 53.9 Å². The number of nitrogens with one attached hydrogen (secondary N) is 2. The van der Waals surface area contributed by atoms with E-state index in [4.69, 9.17) is 4.74 Å². The lowest BCUT2D eigenvalue weighted by molar-refractivity contribution is -0.122. The molecule has 6 heteroatoms. The van der Waals surface area contributed by atoms with Crippen molar-refractivity contribution < 1.29 is 14.3 Å². The van der Waals surface area contributed by atoms with E-state index in [9.17, 15) is 9.59 Å². The van der Waals surface area contributed by atoms with Gasteiger partial charge in [0.25, 0.3) is 0 Å². The first kappa shape index (κ1) is 20.7. The van der Waals surface area contributed by atoms with Crippen molar-refractivity contribution in [2.75, 3.05) is 13.6 Å². The zero-order valence-electron chi connectivity index (χ0n) is 16.1. The predicted octanol–water partition coefficient (Wildman–Crippen LogP) is 2.67. The number of likely N-dealkylation sites (tertiary alicyclic amines) is 1. The van der Waals surface area contributed by atoms with Crippen LogP contribution in [0.3, 0.4) is 0 Å². The van der Waals surface area contributed by atoms with E-state index in [1.165, 1.54) is 0 Å². The molecule has 0 spiro atoms. The maximum Gasteiger partial charge on any atom is 0.410 e. The Morgan fingerprint density at radius 2 is 1.88 bits per heavy atom. The van der Waals surface area contributed by atoms with E-state index in [1.807, 2.05) is 32.6 Å². The van der Waals surface area contributed by atoms with Gasteiger partial charge in [0, 0.05) is 25.7 Å². The molecular weight excluding hydrogens is 306 g/mol. The highest BCUT2D eigenvalue weighted by atomic mass is 16.6. The number of rotatable bonds is 5. The molecule has 1 fully saturated rings. The van der Waals surface area contributed by atoms with Gasteiger partial charge in [0.15, 0.2) is 0 Å². The molecule has 0 radical (unpaired) electrons. The van der Waals surface area contributed by atoms with Crippen LogP contribution in [-0.4, -0.2) is 54.2 Å². The lowest BCUT2D eigenvalue weighted by Crippen LogP contribution is -2.49. The fraction of sp³-hybridized carbons (Fsp3) is 0.889. The number of likely N-dealkylation sites (N-methyl/N-ethyl adjacent to an activating group) is 1. The predicted molar refractivity (Wildman–Crippen MR) is 95.9 cm³/mol. The normalized spacial score (nSPS) is 21.6. The summed E-state index contributed by atoms with van der Waals surface area (Å²) < 4.78 is 5.58. The third-order valence-corrected chi connectivity index (χ3v) is 4.30. The molecule has 0 bridgehead atoms. The SMILES string of the molecule is CNC(=O)C(C)NC(C)CC1CCCCCN1C(=O)OC(C)(C)C. The van der Waals surface area contributed by atoms with Crippen LogP contribution < -0.4 is 10.6 Å². The van der Waals surface area contributed by atoms with Crippen molar-refractivity contribution in [3.05, 3.63) is 0 Å². The number of hydrogen-bond donors (Lipinski definition) is 2. The molecule has 1 heterocycles. The smallest absolute Gasteiger partial charge is 0.410 e. The minimum absolute atomic E-state index is 0.0216. The monoisotopic (exact) mass is 341 g/mol. The van der Waals surface area contributed by atoms with E-state index < -0.39 is 5.60 Å². The Balaban J connectivity index is 2.69. The molecular formula is C18H35N3O3. The average Bonchev–Trinajstić information content (AvgIpc) is 2.69. The largest absolute Gasteiger partial charge is 0.444 e. The van der Waals surface area contributed by atoms with Crippen molar-refractivity contribution in [2.24, 2.45) is 0 Å². The van der Waals surface area contributed by atoms with E-state index in [1.54, 1.807) is 7.05 Å². The maximum atomic E-state index is 12.6. The van der Waals surface area contributed by atoms with Crippen molar-refractivity contribution in [3.8, 4) is 0 Å². The van der Waals surface area contributed by atoms with Gasteiger partial charge in [-0.3, -0.25) is 4.79 Å². The van der Waals surface area contributed by atoms with Crippen molar-refractivity contribution in [3.63, 3.8) is 0 Å². The highest BCUT2D eigenvalue weighted by Crippen LogP contribution is 2.23. The van der Waals surface area contributed by atoms with Crippen LogP contribution in [0.1, 0.15) is 66.7 Å². The van der Waals surface area contributed by atoms with E-state index >= 15 is 0 Å². The molecule has 2 amide bonds. The van der Waals surface area contributed by atoms with Gasteiger partial charge in [0.1, 0.15) is 5.60 Å². The van der Waals surface area contributed by atoms with Crippen LogP contribution in [0.25, 0.3) is 0 Å². The molecule has 0 aromatic rings. The molecule has 3 unspecified atom stereocenters. The van der Waals surface area contributed by atoms with Gasteiger partial charge in [-0.25, -0.2) is 4.79 Å². The summed E-state index contributed by atoms with van der Waals surface area (Å²) in [5.74, 6) is -0.0216. The van der Waals surface area contributed by atoms with Crippen LogP contribution in [0.15, 0.2) is 0 Å². The van der Waals surface area contributed by atoms with Gasteiger partial charge in [0.05, 0.1) is 6.04 Å². The average molecular weight is 341 g/mol. The fourth-order valence-corrected chi connectivity index (χ4v) is 3.18. The summed E-state index contributed by atoms with van der Waals surface area (Å²) in [5, 5.41) is 5.97. The Kier molecular flexibility index (Phi) is 8.00. The lowest BCUT2D eigenvalue weighted by atomic mass is 10.0. The molecule has 1 saturated heterocycles. The summed E-state index contributed by atoms with van der Waals surface area (Å²) in [7, 11) is 1.64. The van der Waals surface area contributed by atoms with Crippen molar-refractivity contribution >= 4 is 12.0 Å². The van der Waals surface area contributed by atoms with Crippen LogP contribution >= 0.6 is 0 Å². The molecule has 140 valence electrons. The van der Waals surface area contributed by atoms with Crippen LogP contribution in [0.2, 0.25) is 0 Å². The second kappa shape index (κ2) is 9.25.